The maximum atomic E-state index is 11.4. The molecule has 0 aromatic rings. The monoisotopic (exact) mass is 266 g/mol. The van der Waals surface area contributed by atoms with Crippen LogP contribution in [0, 0.1) is 23.7 Å². The first kappa shape index (κ1) is 14.4. The maximum absolute atomic E-state index is 11.4. The molecule has 4 heteroatoms. The van der Waals surface area contributed by atoms with Gasteiger partial charge in [-0.05, 0) is 38.5 Å². The number of methoxy groups -OCH3 is 1. The van der Waals surface area contributed by atoms with E-state index in [4.69, 9.17) is 14.2 Å². The van der Waals surface area contributed by atoms with Crippen molar-refractivity contribution in [3.8, 4) is 11.8 Å². The van der Waals surface area contributed by atoms with Crippen molar-refractivity contribution in [3.63, 3.8) is 0 Å². The Bertz CT molecular complexity index is 349. The van der Waals surface area contributed by atoms with Crippen LogP contribution in [0.2, 0.25) is 0 Å². The van der Waals surface area contributed by atoms with Gasteiger partial charge in [-0.25, -0.2) is 0 Å². The lowest BCUT2D eigenvalue weighted by molar-refractivity contribution is -0.154. The molecule has 1 unspecified atom stereocenters. The molecule has 1 heterocycles. The van der Waals surface area contributed by atoms with Crippen molar-refractivity contribution in [1.82, 2.24) is 0 Å². The average Bonchev–Trinajstić information content (AvgIpc) is 2.93. The van der Waals surface area contributed by atoms with Crippen molar-refractivity contribution < 1.29 is 19.0 Å². The zero-order valence-corrected chi connectivity index (χ0v) is 11.5. The first-order chi connectivity index (χ1) is 9.29. The van der Waals surface area contributed by atoms with Crippen molar-refractivity contribution >= 4 is 5.97 Å². The third-order valence-electron chi connectivity index (χ3n) is 3.75. The molecule has 0 aromatic heterocycles. The van der Waals surface area contributed by atoms with E-state index in [0.717, 1.165) is 38.7 Å². The predicted molar refractivity (Wildman–Crippen MR) is 70.2 cm³/mol. The van der Waals surface area contributed by atoms with Crippen molar-refractivity contribution in [1.29, 1.82) is 0 Å². The van der Waals surface area contributed by atoms with Crippen LogP contribution in [0.15, 0.2) is 0 Å². The van der Waals surface area contributed by atoms with Crippen molar-refractivity contribution in [3.05, 3.63) is 0 Å². The number of carbonyl (C=O) groups excluding carboxylic acids is 1. The first-order valence-electron chi connectivity index (χ1n) is 7.09. The SMILES string of the molecule is COC(=O)[C@H]1CC[C@@H](C#CCOC2CCCCO2)C1. The highest BCUT2D eigenvalue weighted by Gasteiger charge is 2.29. The molecule has 1 saturated heterocycles. The van der Waals surface area contributed by atoms with Gasteiger partial charge in [-0.2, -0.15) is 0 Å². The van der Waals surface area contributed by atoms with E-state index in [1.165, 1.54) is 13.5 Å². The largest absolute Gasteiger partial charge is 0.469 e. The molecule has 0 radical (unpaired) electrons. The lowest BCUT2D eigenvalue weighted by Gasteiger charge is -2.21. The second-order valence-electron chi connectivity index (χ2n) is 5.16. The van der Waals surface area contributed by atoms with Crippen LogP contribution >= 0.6 is 0 Å². The Kier molecular flexibility index (Phi) is 5.68. The maximum Gasteiger partial charge on any atom is 0.308 e. The summed E-state index contributed by atoms with van der Waals surface area (Å²) in [6, 6.07) is 0. The van der Waals surface area contributed by atoms with Crippen LogP contribution in [-0.2, 0) is 19.0 Å². The van der Waals surface area contributed by atoms with E-state index in [1.807, 2.05) is 0 Å². The Balaban J connectivity index is 1.65. The number of ether oxygens (including phenoxy) is 3. The van der Waals surface area contributed by atoms with Gasteiger partial charge in [0.2, 0.25) is 0 Å². The molecule has 2 rings (SSSR count). The van der Waals surface area contributed by atoms with Gasteiger partial charge in [-0.15, -0.1) is 0 Å². The number of carbonyl (C=O) groups is 1. The molecule has 1 aliphatic heterocycles. The summed E-state index contributed by atoms with van der Waals surface area (Å²) >= 11 is 0. The topological polar surface area (TPSA) is 44.8 Å². The second-order valence-corrected chi connectivity index (χ2v) is 5.16. The molecule has 106 valence electrons. The van der Waals surface area contributed by atoms with E-state index in [2.05, 4.69) is 11.8 Å². The fourth-order valence-electron chi connectivity index (χ4n) is 2.66. The predicted octanol–water partition coefficient (Wildman–Crippen LogP) is 2.12. The molecule has 0 amide bonds. The van der Waals surface area contributed by atoms with Crippen LogP contribution in [0.1, 0.15) is 38.5 Å². The minimum Gasteiger partial charge on any atom is -0.469 e. The van der Waals surface area contributed by atoms with Gasteiger partial charge in [0.1, 0.15) is 6.61 Å². The molecule has 2 aliphatic rings. The van der Waals surface area contributed by atoms with E-state index in [0.29, 0.717) is 12.5 Å². The van der Waals surface area contributed by atoms with Crippen LogP contribution < -0.4 is 0 Å². The van der Waals surface area contributed by atoms with Gasteiger partial charge in [-0.3, -0.25) is 4.79 Å². The third-order valence-corrected chi connectivity index (χ3v) is 3.75. The summed E-state index contributed by atoms with van der Waals surface area (Å²) in [5, 5.41) is 0. The van der Waals surface area contributed by atoms with Crippen LogP contribution in [-0.4, -0.2) is 32.6 Å². The molecule has 0 spiro atoms. The Morgan fingerprint density at radius 1 is 1.32 bits per heavy atom. The van der Waals surface area contributed by atoms with Crippen molar-refractivity contribution in [2.45, 2.75) is 44.8 Å². The summed E-state index contributed by atoms with van der Waals surface area (Å²) in [6.07, 6.45) is 5.87. The molecule has 3 atom stereocenters. The molecule has 19 heavy (non-hydrogen) atoms. The van der Waals surface area contributed by atoms with Gasteiger partial charge in [0.15, 0.2) is 6.29 Å². The van der Waals surface area contributed by atoms with Crippen molar-refractivity contribution in [2.75, 3.05) is 20.3 Å². The molecule has 0 bridgehead atoms. The first-order valence-corrected chi connectivity index (χ1v) is 7.09. The molecule has 2 fully saturated rings. The van der Waals surface area contributed by atoms with E-state index in [9.17, 15) is 4.79 Å². The highest BCUT2D eigenvalue weighted by molar-refractivity contribution is 5.72. The van der Waals surface area contributed by atoms with E-state index in [-0.39, 0.29) is 18.2 Å². The fraction of sp³-hybridized carbons (Fsp3) is 0.800. The summed E-state index contributed by atoms with van der Waals surface area (Å²) < 4.78 is 15.8. The van der Waals surface area contributed by atoms with Crippen LogP contribution in [0.4, 0.5) is 0 Å². The Morgan fingerprint density at radius 3 is 2.95 bits per heavy atom. The Labute approximate surface area is 114 Å². The zero-order valence-electron chi connectivity index (χ0n) is 11.5. The molecular weight excluding hydrogens is 244 g/mol. The Hall–Kier alpha value is -1.05. The smallest absolute Gasteiger partial charge is 0.308 e. The van der Waals surface area contributed by atoms with Gasteiger partial charge in [0.25, 0.3) is 0 Å². The number of hydrogen-bond acceptors (Lipinski definition) is 4. The molecular formula is C15H22O4. The number of esters is 1. The fourth-order valence-corrected chi connectivity index (χ4v) is 2.66. The summed E-state index contributed by atoms with van der Waals surface area (Å²) in [7, 11) is 1.44. The minimum atomic E-state index is -0.101. The number of rotatable bonds is 3. The van der Waals surface area contributed by atoms with Gasteiger partial charge in [0.05, 0.1) is 13.0 Å². The second kappa shape index (κ2) is 7.52. The van der Waals surface area contributed by atoms with Gasteiger partial charge in [-0.1, -0.05) is 11.8 Å². The average molecular weight is 266 g/mol. The molecule has 1 aliphatic carbocycles. The normalized spacial score (nSPS) is 30.5. The summed E-state index contributed by atoms with van der Waals surface area (Å²) in [4.78, 5) is 11.4. The van der Waals surface area contributed by atoms with Crippen LogP contribution in [0.5, 0.6) is 0 Å². The molecule has 1 saturated carbocycles. The third kappa shape index (κ3) is 4.52. The van der Waals surface area contributed by atoms with E-state index >= 15 is 0 Å². The standard InChI is InChI=1S/C15H22O4/c1-17-15(16)13-8-7-12(11-13)5-4-10-19-14-6-2-3-9-18-14/h12-14H,2-3,6-11H2,1H3/t12-,13+,14?/m1/s1. The quantitative estimate of drug-likeness (QED) is 0.580. The lowest BCUT2D eigenvalue weighted by atomic mass is 10.1. The Morgan fingerprint density at radius 2 is 2.21 bits per heavy atom. The van der Waals surface area contributed by atoms with Crippen LogP contribution in [0.3, 0.4) is 0 Å². The van der Waals surface area contributed by atoms with Crippen LogP contribution in [0.25, 0.3) is 0 Å². The minimum absolute atomic E-state index is 0.0342. The van der Waals surface area contributed by atoms with Gasteiger partial charge >= 0.3 is 5.97 Å². The van der Waals surface area contributed by atoms with Gasteiger partial charge < -0.3 is 14.2 Å². The summed E-state index contributed by atoms with van der Waals surface area (Å²) in [6.45, 7) is 1.21. The summed E-state index contributed by atoms with van der Waals surface area (Å²) in [5.74, 6) is 6.48. The van der Waals surface area contributed by atoms with E-state index in [1.54, 1.807) is 0 Å². The molecule has 0 aromatic carbocycles. The molecule has 0 N–H and O–H groups in total. The highest BCUT2D eigenvalue weighted by Crippen LogP contribution is 2.31. The van der Waals surface area contributed by atoms with E-state index < -0.39 is 0 Å². The zero-order chi connectivity index (χ0) is 13.5. The number of hydrogen-bond donors (Lipinski definition) is 0. The molecule has 4 nitrogen and oxygen atoms in total. The highest BCUT2D eigenvalue weighted by atomic mass is 16.7. The van der Waals surface area contributed by atoms with Gasteiger partial charge in [0, 0.05) is 12.5 Å². The summed E-state index contributed by atoms with van der Waals surface area (Å²) in [5.41, 5.74) is 0. The lowest BCUT2D eigenvalue weighted by Crippen LogP contribution is -2.22. The van der Waals surface area contributed by atoms with Crippen molar-refractivity contribution in [2.24, 2.45) is 11.8 Å².